The molecule has 1 aliphatic heterocycles. The number of hydrogen-bond acceptors (Lipinski definition) is 2. The second kappa shape index (κ2) is 6.14. The van der Waals surface area contributed by atoms with Crippen molar-refractivity contribution in [3.8, 4) is 0 Å². The van der Waals surface area contributed by atoms with E-state index in [1.54, 1.807) is 6.07 Å². The molecule has 0 saturated heterocycles. The Morgan fingerprint density at radius 2 is 2.05 bits per heavy atom. The minimum atomic E-state index is -0.303. The Kier molecular flexibility index (Phi) is 4.24. The van der Waals surface area contributed by atoms with Crippen LogP contribution in [-0.4, -0.2) is 18.0 Å². The van der Waals surface area contributed by atoms with Gasteiger partial charge in [0.15, 0.2) is 0 Å². The van der Waals surface area contributed by atoms with Crippen molar-refractivity contribution < 1.29 is 4.39 Å². The van der Waals surface area contributed by atoms with E-state index in [1.165, 1.54) is 23.3 Å². The SMILES string of the molecule is NCC1c2ccccc2CCN1Cc1ccc(F)cc1Cl. The van der Waals surface area contributed by atoms with Gasteiger partial charge < -0.3 is 5.73 Å². The Labute approximate surface area is 129 Å². The highest BCUT2D eigenvalue weighted by Gasteiger charge is 2.26. The molecule has 1 unspecified atom stereocenters. The number of benzene rings is 2. The fourth-order valence-corrected chi connectivity index (χ4v) is 3.26. The van der Waals surface area contributed by atoms with Crippen LogP contribution in [0.4, 0.5) is 4.39 Å². The van der Waals surface area contributed by atoms with Crippen LogP contribution in [0.1, 0.15) is 22.7 Å². The Morgan fingerprint density at radius 1 is 1.24 bits per heavy atom. The van der Waals surface area contributed by atoms with Gasteiger partial charge in [-0.15, -0.1) is 0 Å². The maximum Gasteiger partial charge on any atom is 0.124 e. The summed E-state index contributed by atoms with van der Waals surface area (Å²) in [6.07, 6.45) is 1.01. The van der Waals surface area contributed by atoms with Crippen LogP contribution in [0.2, 0.25) is 5.02 Å². The zero-order chi connectivity index (χ0) is 14.8. The molecule has 1 heterocycles. The zero-order valence-electron chi connectivity index (χ0n) is 11.7. The van der Waals surface area contributed by atoms with E-state index in [9.17, 15) is 4.39 Å². The molecule has 4 heteroatoms. The molecule has 0 saturated carbocycles. The van der Waals surface area contributed by atoms with Gasteiger partial charge in [-0.3, -0.25) is 4.90 Å². The summed E-state index contributed by atoms with van der Waals surface area (Å²) in [5, 5.41) is 0.477. The van der Waals surface area contributed by atoms with Crippen molar-refractivity contribution in [2.24, 2.45) is 5.73 Å². The Balaban J connectivity index is 1.86. The van der Waals surface area contributed by atoms with Crippen molar-refractivity contribution in [3.63, 3.8) is 0 Å². The lowest BCUT2D eigenvalue weighted by Gasteiger charge is -2.37. The van der Waals surface area contributed by atoms with Gasteiger partial charge in [-0.1, -0.05) is 41.9 Å². The fourth-order valence-electron chi connectivity index (χ4n) is 3.04. The lowest BCUT2D eigenvalue weighted by molar-refractivity contribution is 0.181. The smallest absolute Gasteiger partial charge is 0.124 e. The normalized spacial score (nSPS) is 18.5. The van der Waals surface area contributed by atoms with E-state index in [-0.39, 0.29) is 11.9 Å². The van der Waals surface area contributed by atoms with E-state index in [2.05, 4.69) is 29.2 Å². The molecule has 2 nitrogen and oxygen atoms in total. The van der Waals surface area contributed by atoms with E-state index >= 15 is 0 Å². The number of fused-ring (bicyclic) bond motifs is 1. The highest BCUT2D eigenvalue weighted by molar-refractivity contribution is 6.31. The second-order valence-corrected chi connectivity index (χ2v) is 5.81. The van der Waals surface area contributed by atoms with E-state index in [0.717, 1.165) is 18.5 Å². The highest BCUT2D eigenvalue weighted by Crippen LogP contribution is 2.31. The molecular formula is C17H18ClFN2. The Morgan fingerprint density at radius 3 is 2.81 bits per heavy atom. The zero-order valence-corrected chi connectivity index (χ0v) is 12.5. The fraction of sp³-hybridized carbons (Fsp3) is 0.294. The molecule has 2 aromatic rings. The molecule has 0 bridgehead atoms. The summed E-state index contributed by atoms with van der Waals surface area (Å²) >= 11 is 6.14. The molecule has 1 atom stereocenters. The first kappa shape index (κ1) is 14.5. The molecule has 2 N–H and O–H groups in total. The molecule has 0 aromatic heterocycles. The third-order valence-corrected chi connectivity index (χ3v) is 4.49. The molecular weight excluding hydrogens is 287 g/mol. The molecule has 2 aromatic carbocycles. The van der Waals surface area contributed by atoms with Gasteiger partial charge in [0, 0.05) is 30.7 Å². The number of nitrogens with two attached hydrogens (primary N) is 1. The van der Waals surface area contributed by atoms with Gasteiger partial charge >= 0.3 is 0 Å². The number of rotatable bonds is 3. The van der Waals surface area contributed by atoms with Crippen LogP contribution in [0.15, 0.2) is 42.5 Å². The summed E-state index contributed by atoms with van der Waals surface area (Å²) in [5.74, 6) is -0.303. The molecule has 0 amide bonds. The standard InChI is InChI=1S/C17H18ClFN2/c18-16-9-14(19)6-5-13(16)11-21-8-7-12-3-1-2-4-15(12)17(21)10-20/h1-6,9,17H,7-8,10-11,20H2. The van der Waals surface area contributed by atoms with Crippen molar-refractivity contribution in [3.05, 3.63) is 70.0 Å². The molecule has 21 heavy (non-hydrogen) atoms. The van der Waals surface area contributed by atoms with E-state index in [4.69, 9.17) is 17.3 Å². The van der Waals surface area contributed by atoms with Crippen LogP contribution in [0.3, 0.4) is 0 Å². The van der Waals surface area contributed by atoms with E-state index in [0.29, 0.717) is 18.1 Å². The first-order chi connectivity index (χ1) is 10.2. The topological polar surface area (TPSA) is 29.3 Å². The van der Waals surface area contributed by atoms with E-state index < -0.39 is 0 Å². The summed E-state index contributed by atoms with van der Waals surface area (Å²) < 4.78 is 13.1. The van der Waals surface area contributed by atoms with Crippen molar-refractivity contribution in [2.45, 2.75) is 19.0 Å². The van der Waals surface area contributed by atoms with E-state index in [1.807, 2.05) is 0 Å². The van der Waals surface area contributed by atoms with Gasteiger partial charge in [0.1, 0.15) is 5.82 Å². The largest absolute Gasteiger partial charge is 0.329 e. The van der Waals surface area contributed by atoms with Gasteiger partial charge in [-0.2, -0.15) is 0 Å². The van der Waals surface area contributed by atoms with Crippen LogP contribution in [0, 0.1) is 5.82 Å². The van der Waals surface area contributed by atoms with Gasteiger partial charge in [0.25, 0.3) is 0 Å². The van der Waals surface area contributed by atoms with Gasteiger partial charge in [0.05, 0.1) is 0 Å². The lowest BCUT2D eigenvalue weighted by atomic mass is 9.92. The molecule has 0 spiro atoms. The Hall–Kier alpha value is -1.42. The predicted octanol–water partition coefficient (Wildman–Crippen LogP) is 3.54. The molecule has 0 radical (unpaired) electrons. The third-order valence-electron chi connectivity index (χ3n) is 4.14. The van der Waals surface area contributed by atoms with Crippen LogP contribution in [-0.2, 0) is 13.0 Å². The quantitative estimate of drug-likeness (QED) is 0.940. The van der Waals surface area contributed by atoms with Crippen molar-refractivity contribution in [2.75, 3.05) is 13.1 Å². The maximum absolute atomic E-state index is 13.1. The lowest BCUT2D eigenvalue weighted by Crippen LogP contribution is -2.38. The summed E-state index contributed by atoms with van der Waals surface area (Å²) in [6, 6.07) is 13.2. The average molecular weight is 305 g/mol. The first-order valence-electron chi connectivity index (χ1n) is 7.15. The van der Waals surface area contributed by atoms with Gasteiger partial charge in [-0.05, 0) is 35.2 Å². The first-order valence-corrected chi connectivity index (χ1v) is 7.52. The van der Waals surface area contributed by atoms with Crippen LogP contribution < -0.4 is 5.73 Å². The van der Waals surface area contributed by atoms with Crippen LogP contribution in [0.5, 0.6) is 0 Å². The molecule has 3 rings (SSSR count). The Bertz CT molecular complexity index is 644. The predicted molar refractivity (Wildman–Crippen MR) is 83.8 cm³/mol. The average Bonchev–Trinajstić information content (AvgIpc) is 2.49. The van der Waals surface area contributed by atoms with Crippen LogP contribution in [0.25, 0.3) is 0 Å². The van der Waals surface area contributed by atoms with Crippen molar-refractivity contribution >= 4 is 11.6 Å². The number of nitrogens with zero attached hydrogens (tertiary/aromatic N) is 1. The summed E-state index contributed by atoms with van der Waals surface area (Å²) in [5.41, 5.74) is 9.60. The van der Waals surface area contributed by atoms with Crippen molar-refractivity contribution in [1.29, 1.82) is 0 Å². The maximum atomic E-state index is 13.1. The number of hydrogen-bond donors (Lipinski definition) is 1. The minimum Gasteiger partial charge on any atom is -0.329 e. The monoisotopic (exact) mass is 304 g/mol. The minimum absolute atomic E-state index is 0.191. The molecule has 0 fully saturated rings. The van der Waals surface area contributed by atoms with Gasteiger partial charge in [-0.25, -0.2) is 4.39 Å². The van der Waals surface area contributed by atoms with Crippen molar-refractivity contribution in [1.82, 2.24) is 4.90 Å². The third kappa shape index (κ3) is 2.95. The summed E-state index contributed by atoms with van der Waals surface area (Å²) in [7, 11) is 0. The highest BCUT2D eigenvalue weighted by atomic mass is 35.5. The van der Waals surface area contributed by atoms with Gasteiger partial charge in [0.2, 0.25) is 0 Å². The number of halogens is 2. The summed E-state index contributed by atoms with van der Waals surface area (Å²) in [4.78, 5) is 2.32. The molecule has 110 valence electrons. The molecule has 0 aliphatic carbocycles. The second-order valence-electron chi connectivity index (χ2n) is 5.41. The van der Waals surface area contributed by atoms with Crippen LogP contribution >= 0.6 is 11.6 Å². The molecule has 1 aliphatic rings. The summed E-state index contributed by atoms with van der Waals surface area (Å²) in [6.45, 7) is 2.19.